The molecule has 0 spiro atoms. The van der Waals surface area contributed by atoms with E-state index < -0.39 is 0 Å². The number of hydrogen-bond donors (Lipinski definition) is 1. The Kier molecular flexibility index (Phi) is 3.85. The molecular weight excluding hydrogens is 238 g/mol. The van der Waals surface area contributed by atoms with E-state index >= 15 is 0 Å². The van der Waals surface area contributed by atoms with E-state index in [1.807, 2.05) is 32.0 Å². The lowest BCUT2D eigenvalue weighted by Gasteiger charge is -2.07. The summed E-state index contributed by atoms with van der Waals surface area (Å²) in [5, 5.41) is 0. The Bertz CT molecular complexity index is 605. The average Bonchev–Trinajstić information content (AvgIpc) is 2.39. The predicted octanol–water partition coefficient (Wildman–Crippen LogP) is 3.15. The van der Waals surface area contributed by atoms with Crippen LogP contribution in [0.25, 0.3) is 0 Å². The van der Waals surface area contributed by atoms with E-state index in [1.54, 1.807) is 24.3 Å². The van der Waals surface area contributed by atoms with Gasteiger partial charge in [-0.3, -0.25) is 4.79 Å². The number of rotatable bonds is 4. The van der Waals surface area contributed by atoms with Crippen LogP contribution in [0.1, 0.15) is 21.5 Å². The molecule has 0 aliphatic rings. The smallest absolute Gasteiger partial charge is 0.200 e. The lowest BCUT2D eigenvalue weighted by atomic mass is 10.0. The molecule has 2 aromatic carbocycles. The molecule has 3 heteroatoms. The summed E-state index contributed by atoms with van der Waals surface area (Å²) >= 11 is 0. The minimum atomic E-state index is -0.0366. The molecule has 0 bridgehead atoms. The molecule has 0 radical (unpaired) electrons. The number of anilines is 1. The number of nitrogen functional groups attached to an aromatic ring is 1. The van der Waals surface area contributed by atoms with Crippen LogP contribution >= 0.6 is 0 Å². The van der Waals surface area contributed by atoms with Gasteiger partial charge in [-0.15, -0.1) is 0 Å². The van der Waals surface area contributed by atoms with E-state index in [-0.39, 0.29) is 12.4 Å². The molecule has 2 N–H and O–H groups in total. The van der Waals surface area contributed by atoms with Crippen molar-refractivity contribution in [3.05, 3.63) is 59.2 Å². The van der Waals surface area contributed by atoms with Crippen LogP contribution in [-0.2, 0) is 0 Å². The third kappa shape index (κ3) is 3.35. The number of benzene rings is 2. The van der Waals surface area contributed by atoms with Crippen LogP contribution in [-0.4, -0.2) is 12.4 Å². The molecule has 0 aromatic heterocycles. The van der Waals surface area contributed by atoms with Crippen molar-refractivity contribution in [2.75, 3.05) is 12.3 Å². The summed E-state index contributed by atoms with van der Waals surface area (Å²) in [6.45, 7) is 4.03. The number of ether oxygens (including phenoxy) is 1. The summed E-state index contributed by atoms with van der Waals surface area (Å²) in [6, 6.07) is 12.7. The van der Waals surface area contributed by atoms with Crippen molar-refractivity contribution in [2.24, 2.45) is 0 Å². The van der Waals surface area contributed by atoms with Crippen molar-refractivity contribution in [1.82, 2.24) is 0 Å². The molecule has 0 unspecified atom stereocenters. The summed E-state index contributed by atoms with van der Waals surface area (Å²) in [6.07, 6.45) is 0. The molecule has 0 heterocycles. The van der Waals surface area contributed by atoms with Gasteiger partial charge in [0.15, 0.2) is 12.4 Å². The number of hydrogen-bond acceptors (Lipinski definition) is 3. The van der Waals surface area contributed by atoms with Crippen LogP contribution in [0.3, 0.4) is 0 Å². The van der Waals surface area contributed by atoms with Gasteiger partial charge in [-0.2, -0.15) is 0 Å². The highest BCUT2D eigenvalue weighted by Gasteiger charge is 2.08. The standard InChI is InChI=1S/C16H17NO2/c1-11-6-7-13(8-12(11)2)16(18)10-19-15-5-3-4-14(17)9-15/h3-9H,10,17H2,1-2H3. The topological polar surface area (TPSA) is 52.3 Å². The Morgan fingerprint density at radius 3 is 2.58 bits per heavy atom. The van der Waals surface area contributed by atoms with Gasteiger partial charge in [0, 0.05) is 17.3 Å². The van der Waals surface area contributed by atoms with Gasteiger partial charge in [-0.1, -0.05) is 18.2 Å². The van der Waals surface area contributed by atoms with Gasteiger partial charge in [-0.25, -0.2) is 0 Å². The molecular formula is C16H17NO2. The highest BCUT2D eigenvalue weighted by molar-refractivity contribution is 5.97. The SMILES string of the molecule is Cc1ccc(C(=O)COc2cccc(N)c2)cc1C. The number of carbonyl (C=O) groups is 1. The van der Waals surface area contributed by atoms with Crippen LogP contribution in [0, 0.1) is 13.8 Å². The van der Waals surface area contributed by atoms with Crippen LogP contribution in [0.15, 0.2) is 42.5 Å². The lowest BCUT2D eigenvalue weighted by Crippen LogP contribution is -2.12. The first-order chi connectivity index (χ1) is 9.06. The van der Waals surface area contributed by atoms with Crippen molar-refractivity contribution in [3.63, 3.8) is 0 Å². The second kappa shape index (κ2) is 5.57. The van der Waals surface area contributed by atoms with Gasteiger partial charge in [0.2, 0.25) is 0 Å². The fourth-order valence-electron chi connectivity index (χ4n) is 1.75. The predicted molar refractivity (Wildman–Crippen MR) is 76.6 cm³/mol. The molecule has 19 heavy (non-hydrogen) atoms. The molecule has 0 saturated heterocycles. The van der Waals surface area contributed by atoms with Crippen LogP contribution in [0.4, 0.5) is 5.69 Å². The van der Waals surface area contributed by atoms with Gasteiger partial charge in [0.25, 0.3) is 0 Å². The van der Waals surface area contributed by atoms with Crippen LogP contribution in [0.2, 0.25) is 0 Å². The van der Waals surface area contributed by atoms with Gasteiger partial charge in [0.1, 0.15) is 5.75 Å². The average molecular weight is 255 g/mol. The van der Waals surface area contributed by atoms with Gasteiger partial charge in [0.05, 0.1) is 0 Å². The third-order valence-corrected chi connectivity index (χ3v) is 3.06. The molecule has 0 atom stereocenters. The van der Waals surface area contributed by atoms with Gasteiger partial charge >= 0.3 is 0 Å². The minimum absolute atomic E-state index is 0.0198. The molecule has 2 aromatic rings. The minimum Gasteiger partial charge on any atom is -0.485 e. The number of ketones is 1. The second-order valence-electron chi connectivity index (χ2n) is 4.58. The first kappa shape index (κ1) is 13.1. The Morgan fingerprint density at radius 2 is 1.89 bits per heavy atom. The van der Waals surface area contributed by atoms with Crippen molar-refractivity contribution in [1.29, 1.82) is 0 Å². The quantitative estimate of drug-likeness (QED) is 0.674. The Balaban J connectivity index is 2.03. The molecule has 3 nitrogen and oxygen atoms in total. The molecule has 0 fully saturated rings. The summed E-state index contributed by atoms with van der Waals surface area (Å²) in [7, 11) is 0. The van der Waals surface area contributed by atoms with Crippen LogP contribution in [0.5, 0.6) is 5.75 Å². The zero-order chi connectivity index (χ0) is 13.8. The number of Topliss-reactive ketones (excluding diaryl/α,β-unsaturated/α-hetero) is 1. The number of nitrogens with two attached hydrogens (primary N) is 1. The maximum Gasteiger partial charge on any atom is 0.200 e. The van der Waals surface area contributed by atoms with E-state index in [9.17, 15) is 4.79 Å². The van der Waals surface area contributed by atoms with E-state index in [2.05, 4.69) is 0 Å². The van der Waals surface area contributed by atoms with E-state index in [4.69, 9.17) is 10.5 Å². The fraction of sp³-hybridized carbons (Fsp3) is 0.188. The van der Waals surface area contributed by atoms with Crippen molar-refractivity contribution in [2.45, 2.75) is 13.8 Å². The number of aryl methyl sites for hydroxylation is 2. The Morgan fingerprint density at radius 1 is 1.11 bits per heavy atom. The summed E-state index contributed by atoms with van der Waals surface area (Å²) in [5.74, 6) is 0.572. The molecule has 0 amide bonds. The maximum atomic E-state index is 12.0. The lowest BCUT2D eigenvalue weighted by molar-refractivity contribution is 0.0921. The third-order valence-electron chi connectivity index (χ3n) is 3.06. The van der Waals surface area contributed by atoms with Gasteiger partial charge in [-0.05, 0) is 43.2 Å². The largest absolute Gasteiger partial charge is 0.485 e. The maximum absolute atomic E-state index is 12.0. The van der Waals surface area contributed by atoms with E-state index in [0.29, 0.717) is 17.0 Å². The summed E-state index contributed by atoms with van der Waals surface area (Å²) in [5.41, 5.74) is 9.22. The Labute approximate surface area is 113 Å². The molecule has 0 aliphatic heterocycles. The molecule has 98 valence electrons. The highest BCUT2D eigenvalue weighted by Crippen LogP contribution is 2.15. The van der Waals surface area contributed by atoms with Crippen molar-refractivity contribution < 1.29 is 9.53 Å². The summed E-state index contributed by atoms with van der Waals surface area (Å²) in [4.78, 5) is 12.0. The van der Waals surface area contributed by atoms with E-state index in [1.165, 1.54) is 5.56 Å². The van der Waals surface area contributed by atoms with Gasteiger partial charge < -0.3 is 10.5 Å². The highest BCUT2D eigenvalue weighted by atomic mass is 16.5. The zero-order valence-corrected chi connectivity index (χ0v) is 11.1. The normalized spacial score (nSPS) is 10.2. The monoisotopic (exact) mass is 255 g/mol. The fourth-order valence-corrected chi connectivity index (χ4v) is 1.75. The van der Waals surface area contributed by atoms with Crippen molar-refractivity contribution in [3.8, 4) is 5.75 Å². The zero-order valence-electron chi connectivity index (χ0n) is 11.1. The first-order valence-corrected chi connectivity index (χ1v) is 6.15. The Hall–Kier alpha value is -2.29. The summed E-state index contributed by atoms with van der Waals surface area (Å²) < 4.78 is 5.44. The number of carbonyl (C=O) groups excluding carboxylic acids is 1. The molecule has 0 aliphatic carbocycles. The van der Waals surface area contributed by atoms with E-state index in [0.717, 1.165) is 5.56 Å². The van der Waals surface area contributed by atoms with Crippen molar-refractivity contribution >= 4 is 11.5 Å². The molecule has 2 rings (SSSR count). The molecule has 0 saturated carbocycles. The second-order valence-corrected chi connectivity index (χ2v) is 4.58. The van der Waals surface area contributed by atoms with Crippen LogP contribution < -0.4 is 10.5 Å². The first-order valence-electron chi connectivity index (χ1n) is 6.15.